The zero-order valence-electron chi connectivity index (χ0n) is 10.3. The molecule has 0 aliphatic carbocycles. The van der Waals surface area contributed by atoms with Gasteiger partial charge in [0, 0.05) is 24.4 Å². The number of nitrogen functional groups attached to an aromatic ring is 1. The Balaban J connectivity index is 2.21. The summed E-state index contributed by atoms with van der Waals surface area (Å²) in [5, 5.41) is 19.9. The number of hydrogen-bond acceptors (Lipinski definition) is 6. The molecule has 0 atom stereocenters. The number of anilines is 1. The molecule has 9 heteroatoms. The average Bonchev–Trinajstić information content (AvgIpc) is 2.97. The summed E-state index contributed by atoms with van der Waals surface area (Å²) >= 11 is 0. The number of para-hydroxylation sites is 1. The van der Waals surface area contributed by atoms with E-state index in [2.05, 4.69) is 20.9 Å². The highest BCUT2D eigenvalue weighted by Gasteiger charge is 2.20. The van der Waals surface area contributed by atoms with E-state index in [1.54, 1.807) is 12.4 Å². The molecule has 0 bridgehead atoms. The molecule has 0 unspecified atom stereocenters. The normalized spacial score (nSPS) is 10.1. The van der Waals surface area contributed by atoms with E-state index in [9.17, 15) is 14.9 Å². The third-order valence-corrected chi connectivity index (χ3v) is 2.64. The van der Waals surface area contributed by atoms with Crippen LogP contribution in [-0.2, 0) is 6.54 Å². The van der Waals surface area contributed by atoms with E-state index < -0.39 is 10.8 Å². The Morgan fingerprint density at radius 2 is 2.30 bits per heavy atom. The summed E-state index contributed by atoms with van der Waals surface area (Å²) < 4.78 is 0. The second kappa shape index (κ2) is 5.80. The molecule has 20 heavy (non-hydrogen) atoms. The lowest BCUT2D eigenvalue weighted by Crippen LogP contribution is -2.25. The number of hydrogen-bond donors (Lipinski definition) is 4. The number of nitro benzene ring substituents is 1. The zero-order chi connectivity index (χ0) is 14.5. The van der Waals surface area contributed by atoms with Gasteiger partial charge in [0.2, 0.25) is 0 Å². The molecule has 0 radical (unpaired) electrons. The summed E-state index contributed by atoms with van der Waals surface area (Å²) in [6.45, 7) is 0.252. The van der Waals surface area contributed by atoms with Crippen molar-refractivity contribution in [1.82, 2.24) is 15.5 Å². The highest BCUT2D eigenvalue weighted by atomic mass is 16.6. The number of nitrogens with one attached hydrogen (secondary N) is 3. The lowest BCUT2D eigenvalue weighted by atomic mass is 10.1. The minimum Gasteiger partial charge on any atom is -0.348 e. The molecule has 104 valence electrons. The van der Waals surface area contributed by atoms with E-state index in [0.29, 0.717) is 0 Å². The minimum atomic E-state index is -0.609. The number of aromatic amines is 1. The molecule has 1 heterocycles. The summed E-state index contributed by atoms with van der Waals surface area (Å²) in [7, 11) is 0. The number of nitrogens with zero attached hydrogens (tertiary/aromatic N) is 2. The first-order valence-corrected chi connectivity index (χ1v) is 5.63. The van der Waals surface area contributed by atoms with Crippen LogP contribution in [0.5, 0.6) is 0 Å². The van der Waals surface area contributed by atoms with Crippen LogP contribution in [0.1, 0.15) is 15.9 Å². The summed E-state index contributed by atoms with van der Waals surface area (Å²) in [6.07, 6.45) is 3.20. The smallest absolute Gasteiger partial charge is 0.294 e. The van der Waals surface area contributed by atoms with Gasteiger partial charge in [-0.15, -0.1) is 0 Å². The van der Waals surface area contributed by atoms with Crippen molar-refractivity contribution in [2.45, 2.75) is 6.54 Å². The van der Waals surface area contributed by atoms with Crippen molar-refractivity contribution >= 4 is 17.3 Å². The van der Waals surface area contributed by atoms with Crippen LogP contribution in [0, 0.1) is 10.1 Å². The molecule has 2 rings (SSSR count). The first kappa shape index (κ1) is 13.5. The van der Waals surface area contributed by atoms with Gasteiger partial charge in [-0.2, -0.15) is 5.10 Å². The Morgan fingerprint density at radius 3 is 2.90 bits per heavy atom. The van der Waals surface area contributed by atoms with Crippen molar-refractivity contribution < 1.29 is 9.72 Å². The van der Waals surface area contributed by atoms with E-state index in [4.69, 9.17) is 5.84 Å². The predicted molar refractivity (Wildman–Crippen MR) is 70.7 cm³/mol. The number of nitrogens with two attached hydrogens (primary N) is 1. The van der Waals surface area contributed by atoms with Crippen molar-refractivity contribution in [2.75, 3.05) is 5.43 Å². The molecule has 5 N–H and O–H groups in total. The van der Waals surface area contributed by atoms with Gasteiger partial charge in [0.1, 0.15) is 5.69 Å². The van der Waals surface area contributed by atoms with Crippen LogP contribution in [0.3, 0.4) is 0 Å². The first-order chi connectivity index (χ1) is 9.63. The van der Waals surface area contributed by atoms with E-state index in [1.807, 2.05) is 0 Å². The molecule has 0 spiro atoms. The Morgan fingerprint density at radius 1 is 1.50 bits per heavy atom. The largest absolute Gasteiger partial charge is 0.348 e. The van der Waals surface area contributed by atoms with Crippen molar-refractivity contribution in [2.24, 2.45) is 5.84 Å². The third-order valence-electron chi connectivity index (χ3n) is 2.64. The summed E-state index contributed by atoms with van der Waals surface area (Å²) in [6, 6.07) is 4.14. The number of rotatable bonds is 5. The Hall–Kier alpha value is -2.94. The van der Waals surface area contributed by atoms with Gasteiger partial charge < -0.3 is 10.7 Å². The predicted octanol–water partition coefficient (Wildman–Crippen LogP) is 0.533. The molecule has 0 fully saturated rings. The van der Waals surface area contributed by atoms with Crippen LogP contribution in [0.2, 0.25) is 0 Å². The maximum absolute atomic E-state index is 12.0. The van der Waals surface area contributed by atoms with Crippen molar-refractivity contribution in [3.63, 3.8) is 0 Å². The maximum Gasteiger partial charge on any atom is 0.294 e. The Kier molecular flexibility index (Phi) is 3.91. The quantitative estimate of drug-likeness (QED) is 0.357. The number of H-pyrrole nitrogens is 1. The van der Waals surface area contributed by atoms with Gasteiger partial charge in [0.15, 0.2) is 0 Å². The number of carbonyl (C=O) groups excluding carboxylic acids is 1. The van der Waals surface area contributed by atoms with Crippen molar-refractivity contribution in [1.29, 1.82) is 0 Å². The fraction of sp³-hybridized carbons (Fsp3) is 0.0909. The molecule has 0 aliphatic heterocycles. The van der Waals surface area contributed by atoms with Crippen LogP contribution in [0.25, 0.3) is 0 Å². The molecule has 1 aromatic carbocycles. The average molecular weight is 276 g/mol. The van der Waals surface area contributed by atoms with Gasteiger partial charge in [-0.3, -0.25) is 25.9 Å². The Bertz CT molecular complexity index is 625. The van der Waals surface area contributed by atoms with Gasteiger partial charge in [-0.1, -0.05) is 6.07 Å². The zero-order valence-corrected chi connectivity index (χ0v) is 10.3. The molecule has 0 aliphatic rings. The second-order valence-electron chi connectivity index (χ2n) is 3.89. The number of nitro groups is 1. The van der Waals surface area contributed by atoms with E-state index in [1.165, 1.54) is 18.2 Å². The van der Waals surface area contributed by atoms with Crippen molar-refractivity contribution in [3.8, 4) is 0 Å². The van der Waals surface area contributed by atoms with Gasteiger partial charge in [-0.05, 0) is 6.07 Å². The van der Waals surface area contributed by atoms with Crippen LogP contribution in [-0.4, -0.2) is 21.0 Å². The first-order valence-electron chi connectivity index (χ1n) is 5.63. The number of carbonyl (C=O) groups is 1. The molecule has 2 aromatic rings. The van der Waals surface area contributed by atoms with Gasteiger partial charge >= 0.3 is 0 Å². The standard InChI is InChI=1S/C11H12N6O3/c12-16-10-8(2-1-3-9(10)17(19)20)11(18)13-4-7-5-14-15-6-7/h1-3,5-6,16H,4,12H2,(H,13,18)(H,14,15). The maximum atomic E-state index is 12.0. The monoisotopic (exact) mass is 276 g/mol. The third kappa shape index (κ3) is 2.72. The van der Waals surface area contributed by atoms with Crippen LogP contribution in [0.4, 0.5) is 11.4 Å². The van der Waals surface area contributed by atoms with Crippen LogP contribution < -0.4 is 16.6 Å². The summed E-state index contributed by atoms with van der Waals surface area (Å²) in [5.41, 5.74) is 2.80. The summed E-state index contributed by atoms with van der Waals surface area (Å²) in [4.78, 5) is 22.3. The van der Waals surface area contributed by atoms with Crippen LogP contribution in [0.15, 0.2) is 30.6 Å². The highest BCUT2D eigenvalue weighted by molar-refractivity contribution is 6.01. The fourth-order valence-electron chi connectivity index (χ4n) is 1.69. The lowest BCUT2D eigenvalue weighted by Gasteiger charge is -2.09. The molecule has 1 aromatic heterocycles. The molecule has 0 saturated carbocycles. The van der Waals surface area contributed by atoms with E-state index in [0.717, 1.165) is 5.56 Å². The van der Waals surface area contributed by atoms with Crippen LogP contribution >= 0.6 is 0 Å². The fourth-order valence-corrected chi connectivity index (χ4v) is 1.69. The molecular weight excluding hydrogens is 264 g/mol. The summed E-state index contributed by atoms with van der Waals surface area (Å²) in [5.74, 6) is 4.80. The van der Waals surface area contributed by atoms with Gasteiger partial charge in [-0.25, -0.2) is 0 Å². The van der Waals surface area contributed by atoms with E-state index >= 15 is 0 Å². The molecule has 0 saturated heterocycles. The SMILES string of the molecule is NNc1c(C(=O)NCc2cn[nH]c2)cccc1[N+](=O)[O-]. The Labute approximate surface area is 113 Å². The lowest BCUT2D eigenvalue weighted by molar-refractivity contribution is -0.384. The number of aromatic nitrogens is 2. The number of hydrazine groups is 1. The molecule has 9 nitrogen and oxygen atoms in total. The van der Waals surface area contributed by atoms with Crippen molar-refractivity contribution in [3.05, 3.63) is 51.8 Å². The van der Waals surface area contributed by atoms with Gasteiger partial charge in [0.05, 0.1) is 16.7 Å². The number of benzene rings is 1. The number of amides is 1. The second-order valence-corrected chi connectivity index (χ2v) is 3.89. The highest BCUT2D eigenvalue weighted by Crippen LogP contribution is 2.27. The minimum absolute atomic E-state index is 0.0257. The molecule has 1 amide bonds. The van der Waals surface area contributed by atoms with Gasteiger partial charge in [0.25, 0.3) is 11.6 Å². The van der Waals surface area contributed by atoms with E-state index in [-0.39, 0.29) is 23.5 Å². The topological polar surface area (TPSA) is 139 Å². The molecular formula is C11H12N6O3.